The van der Waals surface area contributed by atoms with Gasteiger partial charge in [-0.25, -0.2) is 8.42 Å². The molecule has 1 aromatic rings. The van der Waals surface area contributed by atoms with E-state index in [1.807, 2.05) is 24.8 Å². The molecule has 7 heteroatoms. The van der Waals surface area contributed by atoms with Crippen LogP contribution in [0.15, 0.2) is 26.0 Å². The van der Waals surface area contributed by atoms with Gasteiger partial charge in [0, 0.05) is 32.5 Å². The zero-order valence-corrected chi connectivity index (χ0v) is 17.1. The minimum atomic E-state index is -3.46. The molecule has 0 aliphatic carbocycles. The minimum absolute atomic E-state index is 0.134. The molecule has 21 heavy (non-hydrogen) atoms. The number of halogens is 2. The minimum Gasteiger partial charge on any atom is -0.207 e. The summed E-state index contributed by atoms with van der Waals surface area (Å²) in [6, 6.07) is 3.53. The first kappa shape index (κ1) is 17.8. The summed E-state index contributed by atoms with van der Waals surface area (Å²) in [5, 5.41) is 0. The molecule has 1 fully saturated rings. The molecule has 1 aliphatic heterocycles. The molecule has 0 atom stereocenters. The predicted molar refractivity (Wildman–Crippen MR) is 96.5 cm³/mol. The fraction of sp³-hybridized carbons (Fsp3) is 0.571. The Labute approximate surface area is 148 Å². The van der Waals surface area contributed by atoms with E-state index in [9.17, 15) is 8.42 Å². The summed E-state index contributed by atoms with van der Waals surface area (Å²) in [5.74, 6) is 0.830. The third kappa shape index (κ3) is 4.05. The molecule has 1 heterocycles. The highest BCUT2D eigenvalue weighted by Gasteiger charge is 2.32. The largest absolute Gasteiger partial charge is 0.244 e. The van der Waals surface area contributed by atoms with E-state index in [-0.39, 0.29) is 4.75 Å². The van der Waals surface area contributed by atoms with E-state index in [1.165, 1.54) is 0 Å². The normalized spacial score (nSPS) is 20.2. The molecule has 0 saturated carbocycles. The molecule has 2 rings (SSSR count). The molecule has 0 N–H and O–H groups in total. The van der Waals surface area contributed by atoms with E-state index in [4.69, 9.17) is 0 Å². The van der Waals surface area contributed by atoms with Gasteiger partial charge in [0.2, 0.25) is 10.0 Å². The molecule has 118 valence electrons. The van der Waals surface area contributed by atoms with Gasteiger partial charge in [-0.15, -0.1) is 0 Å². The van der Waals surface area contributed by atoms with Crippen molar-refractivity contribution in [2.24, 2.45) is 0 Å². The van der Waals surface area contributed by atoms with Crippen molar-refractivity contribution in [2.75, 3.05) is 18.8 Å². The van der Waals surface area contributed by atoms with E-state index in [2.05, 4.69) is 45.7 Å². The summed E-state index contributed by atoms with van der Waals surface area (Å²) in [6.07, 6.45) is 0.863. The van der Waals surface area contributed by atoms with Gasteiger partial charge in [0.1, 0.15) is 0 Å². The Morgan fingerprint density at radius 3 is 2.52 bits per heavy atom. The SMILES string of the molecule is Cc1cc(Br)c(S(=O)(=O)N2CCSC(C)(C)CC2)cc1Br. The molecular formula is C14H19Br2NO2S2. The lowest BCUT2D eigenvalue weighted by molar-refractivity contribution is 0.415. The number of hydrogen-bond acceptors (Lipinski definition) is 3. The van der Waals surface area contributed by atoms with E-state index in [1.54, 1.807) is 10.4 Å². The van der Waals surface area contributed by atoms with Crippen LogP contribution in [0.3, 0.4) is 0 Å². The van der Waals surface area contributed by atoms with Gasteiger partial charge in [0.15, 0.2) is 0 Å². The van der Waals surface area contributed by atoms with Gasteiger partial charge in [-0.3, -0.25) is 0 Å². The number of nitrogens with zero attached hydrogens (tertiary/aromatic N) is 1. The Morgan fingerprint density at radius 1 is 1.19 bits per heavy atom. The van der Waals surface area contributed by atoms with Crippen LogP contribution in [0.1, 0.15) is 25.8 Å². The molecule has 3 nitrogen and oxygen atoms in total. The van der Waals surface area contributed by atoms with Crippen LogP contribution in [0.25, 0.3) is 0 Å². The zero-order chi connectivity index (χ0) is 15.8. The molecule has 0 bridgehead atoms. The van der Waals surface area contributed by atoms with E-state index in [0.717, 1.165) is 22.2 Å². The third-order valence-corrected chi connectivity index (χ3v) is 8.71. The average Bonchev–Trinajstić information content (AvgIpc) is 2.55. The Hall–Kier alpha value is 0.440. The van der Waals surface area contributed by atoms with Crippen molar-refractivity contribution in [1.82, 2.24) is 4.31 Å². The van der Waals surface area contributed by atoms with Crippen LogP contribution in [0, 0.1) is 6.92 Å². The molecule has 0 aromatic heterocycles. The average molecular weight is 457 g/mol. The Bertz CT molecular complexity index is 645. The fourth-order valence-corrected chi connectivity index (χ4v) is 6.50. The highest BCUT2D eigenvalue weighted by molar-refractivity contribution is 9.11. The Balaban J connectivity index is 2.36. The van der Waals surface area contributed by atoms with Crippen molar-refractivity contribution >= 4 is 53.6 Å². The van der Waals surface area contributed by atoms with Gasteiger partial charge in [-0.05, 0) is 47.0 Å². The monoisotopic (exact) mass is 455 g/mol. The molecule has 0 radical (unpaired) electrons. The summed E-state index contributed by atoms with van der Waals surface area (Å²) in [6.45, 7) is 7.42. The van der Waals surface area contributed by atoms with Crippen LogP contribution < -0.4 is 0 Å². The first-order chi connectivity index (χ1) is 9.63. The maximum absolute atomic E-state index is 12.9. The fourth-order valence-electron chi connectivity index (χ4n) is 2.21. The van der Waals surface area contributed by atoms with Crippen LogP contribution in [-0.2, 0) is 10.0 Å². The van der Waals surface area contributed by atoms with Gasteiger partial charge in [0.05, 0.1) is 4.90 Å². The molecule has 0 amide bonds. The van der Waals surface area contributed by atoms with Gasteiger partial charge in [-0.1, -0.05) is 29.8 Å². The topological polar surface area (TPSA) is 37.4 Å². The van der Waals surface area contributed by atoms with Crippen LogP contribution in [0.4, 0.5) is 0 Å². The first-order valence-corrected chi connectivity index (χ1v) is 10.7. The second-order valence-electron chi connectivity index (χ2n) is 5.79. The summed E-state index contributed by atoms with van der Waals surface area (Å²) in [4.78, 5) is 0.338. The maximum Gasteiger partial charge on any atom is 0.244 e. The quantitative estimate of drug-likeness (QED) is 0.660. The highest BCUT2D eigenvalue weighted by Crippen LogP contribution is 2.35. The van der Waals surface area contributed by atoms with Crippen molar-refractivity contribution in [3.8, 4) is 0 Å². The molecule has 1 saturated heterocycles. The van der Waals surface area contributed by atoms with E-state index < -0.39 is 10.0 Å². The standard InChI is InChI=1S/C14H19Br2NO2S2/c1-10-8-12(16)13(9-11(10)15)21(18,19)17-5-4-14(2,3)20-7-6-17/h8-9H,4-7H2,1-3H3. The van der Waals surface area contributed by atoms with Crippen molar-refractivity contribution in [2.45, 2.75) is 36.8 Å². The number of hydrogen-bond donors (Lipinski definition) is 0. The zero-order valence-electron chi connectivity index (χ0n) is 12.3. The second kappa shape index (κ2) is 6.51. The van der Waals surface area contributed by atoms with E-state index in [0.29, 0.717) is 22.5 Å². The molecule has 0 unspecified atom stereocenters. The van der Waals surface area contributed by atoms with Gasteiger partial charge in [0.25, 0.3) is 0 Å². The molecule has 1 aromatic carbocycles. The highest BCUT2D eigenvalue weighted by atomic mass is 79.9. The van der Waals surface area contributed by atoms with Crippen LogP contribution in [-0.4, -0.2) is 36.3 Å². The number of thioether (sulfide) groups is 1. The number of sulfonamides is 1. The van der Waals surface area contributed by atoms with Gasteiger partial charge >= 0.3 is 0 Å². The third-order valence-electron chi connectivity index (χ3n) is 3.63. The molecular weight excluding hydrogens is 438 g/mol. The predicted octanol–water partition coefficient (Wildman–Crippen LogP) is 4.43. The van der Waals surface area contributed by atoms with Crippen molar-refractivity contribution in [3.05, 3.63) is 26.6 Å². The molecule has 0 spiro atoms. The number of rotatable bonds is 2. The summed E-state index contributed by atoms with van der Waals surface area (Å²) in [7, 11) is -3.46. The van der Waals surface area contributed by atoms with Crippen LogP contribution in [0.5, 0.6) is 0 Å². The smallest absolute Gasteiger partial charge is 0.207 e. The lowest BCUT2D eigenvalue weighted by Crippen LogP contribution is -2.34. The van der Waals surface area contributed by atoms with Crippen molar-refractivity contribution in [1.29, 1.82) is 0 Å². The maximum atomic E-state index is 12.9. The first-order valence-electron chi connectivity index (χ1n) is 6.73. The summed E-state index contributed by atoms with van der Waals surface area (Å²) < 4.78 is 29.0. The lowest BCUT2D eigenvalue weighted by atomic mass is 10.1. The summed E-state index contributed by atoms with van der Waals surface area (Å²) in [5.41, 5.74) is 1.01. The Morgan fingerprint density at radius 2 is 1.86 bits per heavy atom. The Kier molecular flexibility index (Phi) is 5.52. The van der Waals surface area contributed by atoms with Crippen LogP contribution in [0.2, 0.25) is 0 Å². The summed E-state index contributed by atoms with van der Waals surface area (Å²) >= 11 is 8.66. The van der Waals surface area contributed by atoms with Gasteiger partial charge < -0.3 is 0 Å². The lowest BCUT2D eigenvalue weighted by Gasteiger charge is -2.23. The van der Waals surface area contributed by atoms with Crippen molar-refractivity contribution in [3.63, 3.8) is 0 Å². The van der Waals surface area contributed by atoms with Crippen LogP contribution >= 0.6 is 43.6 Å². The van der Waals surface area contributed by atoms with E-state index >= 15 is 0 Å². The number of benzene rings is 1. The second-order valence-corrected chi connectivity index (χ2v) is 11.2. The molecule has 1 aliphatic rings. The van der Waals surface area contributed by atoms with Gasteiger partial charge in [-0.2, -0.15) is 16.1 Å². The van der Waals surface area contributed by atoms with Crippen molar-refractivity contribution < 1.29 is 8.42 Å². The number of aryl methyl sites for hydroxylation is 1.